The number of amides is 1. The molecule has 2 fully saturated rings. The number of phenolic OH excluding ortho intramolecular Hbond substituents is 1. The molecule has 2 heterocycles. The number of halogens is 1. The van der Waals surface area contributed by atoms with Crippen molar-refractivity contribution in [3.05, 3.63) is 58.1 Å². The highest BCUT2D eigenvalue weighted by Gasteiger charge is 2.58. The first-order valence-corrected chi connectivity index (χ1v) is 14.1. The molecule has 8 heteroatoms. The van der Waals surface area contributed by atoms with Crippen molar-refractivity contribution >= 4 is 27.5 Å². The molecule has 188 valence electrons. The second-order valence-corrected chi connectivity index (χ2v) is 13.3. The van der Waals surface area contributed by atoms with Gasteiger partial charge in [-0.15, -0.1) is 0 Å². The molecule has 3 atom stereocenters. The molecule has 1 unspecified atom stereocenters. The average molecular weight is 517 g/mol. The van der Waals surface area contributed by atoms with Crippen LogP contribution in [0.15, 0.2) is 41.3 Å². The second kappa shape index (κ2) is 8.22. The van der Waals surface area contributed by atoms with Crippen molar-refractivity contribution in [1.82, 2.24) is 9.21 Å². The molecule has 0 radical (unpaired) electrons. The number of fused-ring (bicyclic) bond motifs is 4. The Bertz CT molecular complexity index is 1310. The molecule has 1 aliphatic carbocycles. The van der Waals surface area contributed by atoms with Gasteiger partial charge in [0.2, 0.25) is 15.9 Å². The standard InChI is InChI=1S/C27H33ClN2O4S/c1-17-20(28)9-6-12-23(17)35(33,34)30-14-7-10-21(30)25(32)29-15-13-27(4)19-8-5-11-22(31)18(19)16-24(29)26(27,2)3/h5-6,8-9,11-12,21,24,31H,7,10,13-16H2,1-4H3/t21?,24-,27+/m1/s1. The van der Waals surface area contributed by atoms with Gasteiger partial charge in [0.15, 0.2) is 0 Å². The Hall–Kier alpha value is -2.09. The van der Waals surface area contributed by atoms with Crippen LogP contribution in [0.5, 0.6) is 5.75 Å². The fourth-order valence-electron chi connectivity index (χ4n) is 6.65. The third kappa shape index (κ3) is 3.45. The maximum absolute atomic E-state index is 14.1. The topological polar surface area (TPSA) is 77.9 Å². The fraction of sp³-hybridized carbons (Fsp3) is 0.519. The minimum Gasteiger partial charge on any atom is -0.508 e. The Morgan fingerprint density at radius 3 is 2.57 bits per heavy atom. The zero-order valence-electron chi connectivity index (χ0n) is 20.7. The monoisotopic (exact) mass is 516 g/mol. The predicted octanol–water partition coefficient (Wildman–Crippen LogP) is 4.65. The Morgan fingerprint density at radius 1 is 1.11 bits per heavy atom. The molecule has 2 aliphatic heterocycles. The quantitative estimate of drug-likeness (QED) is 0.644. The fourth-order valence-corrected chi connectivity index (χ4v) is 8.78. The number of aromatic hydroxyl groups is 1. The molecule has 5 rings (SSSR count). The van der Waals surface area contributed by atoms with Crippen LogP contribution in [-0.4, -0.2) is 53.8 Å². The largest absolute Gasteiger partial charge is 0.508 e. The molecule has 0 saturated carbocycles. The van der Waals surface area contributed by atoms with Crippen LogP contribution < -0.4 is 0 Å². The maximum Gasteiger partial charge on any atom is 0.244 e. The van der Waals surface area contributed by atoms with Crippen molar-refractivity contribution in [2.24, 2.45) is 5.41 Å². The molecular weight excluding hydrogens is 484 g/mol. The minimum atomic E-state index is -3.88. The van der Waals surface area contributed by atoms with Crippen molar-refractivity contribution in [2.45, 2.75) is 75.8 Å². The lowest BCUT2D eigenvalue weighted by Gasteiger charge is -2.61. The number of hydrogen-bond donors (Lipinski definition) is 1. The summed E-state index contributed by atoms with van der Waals surface area (Å²) in [6, 6.07) is 9.71. The van der Waals surface area contributed by atoms with E-state index < -0.39 is 16.1 Å². The van der Waals surface area contributed by atoms with Crippen molar-refractivity contribution in [2.75, 3.05) is 13.1 Å². The lowest BCUT2D eigenvalue weighted by Crippen LogP contribution is -2.66. The highest BCUT2D eigenvalue weighted by atomic mass is 35.5. The lowest BCUT2D eigenvalue weighted by molar-refractivity contribution is -0.147. The first-order chi connectivity index (χ1) is 16.4. The predicted molar refractivity (Wildman–Crippen MR) is 136 cm³/mol. The van der Waals surface area contributed by atoms with Crippen molar-refractivity contribution < 1.29 is 18.3 Å². The van der Waals surface area contributed by atoms with Crippen LogP contribution in [0, 0.1) is 12.3 Å². The third-order valence-corrected chi connectivity index (χ3v) is 11.7. The number of rotatable bonds is 3. The van der Waals surface area contributed by atoms with Gasteiger partial charge in [0, 0.05) is 29.6 Å². The van der Waals surface area contributed by atoms with E-state index in [-0.39, 0.29) is 33.4 Å². The van der Waals surface area contributed by atoms with Crippen molar-refractivity contribution in [3.63, 3.8) is 0 Å². The van der Waals surface area contributed by atoms with Crippen LogP contribution in [0.4, 0.5) is 0 Å². The third-order valence-electron chi connectivity index (χ3n) is 9.20. The summed E-state index contributed by atoms with van der Waals surface area (Å²) in [7, 11) is -3.88. The normalized spacial score (nSPS) is 28.1. The van der Waals surface area contributed by atoms with Crippen LogP contribution in [0.2, 0.25) is 5.02 Å². The summed E-state index contributed by atoms with van der Waals surface area (Å²) < 4.78 is 28.7. The highest BCUT2D eigenvalue weighted by molar-refractivity contribution is 7.89. The van der Waals surface area contributed by atoms with Crippen LogP contribution >= 0.6 is 11.6 Å². The smallest absolute Gasteiger partial charge is 0.244 e. The summed E-state index contributed by atoms with van der Waals surface area (Å²) in [4.78, 5) is 16.1. The van der Waals surface area contributed by atoms with E-state index in [2.05, 4.69) is 26.8 Å². The van der Waals surface area contributed by atoms with Crippen molar-refractivity contribution in [1.29, 1.82) is 0 Å². The highest BCUT2D eigenvalue weighted by Crippen LogP contribution is 2.57. The van der Waals surface area contributed by atoms with Gasteiger partial charge in [-0.25, -0.2) is 8.42 Å². The van der Waals surface area contributed by atoms with Gasteiger partial charge in [-0.1, -0.05) is 50.6 Å². The van der Waals surface area contributed by atoms with Gasteiger partial charge in [-0.2, -0.15) is 4.31 Å². The summed E-state index contributed by atoms with van der Waals surface area (Å²) in [5.41, 5.74) is 2.13. The number of hydrogen-bond acceptors (Lipinski definition) is 4. The molecule has 2 aromatic rings. The molecule has 6 nitrogen and oxygen atoms in total. The van der Waals surface area contributed by atoms with E-state index in [1.165, 1.54) is 4.31 Å². The van der Waals surface area contributed by atoms with Gasteiger partial charge in [-0.3, -0.25) is 4.79 Å². The van der Waals surface area contributed by atoms with E-state index in [4.69, 9.17) is 11.6 Å². The Morgan fingerprint density at radius 2 is 1.83 bits per heavy atom. The van der Waals surface area contributed by atoms with Crippen LogP contribution in [-0.2, 0) is 26.7 Å². The number of nitrogens with zero attached hydrogens (tertiary/aromatic N) is 2. The van der Waals surface area contributed by atoms with E-state index in [1.807, 2.05) is 11.0 Å². The molecule has 2 bridgehead atoms. The maximum atomic E-state index is 14.1. The number of likely N-dealkylation sites (tertiary alicyclic amines) is 1. The molecule has 2 saturated heterocycles. The summed E-state index contributed by atoms with van der Waals surface area (Å²) in [6.45, 7) is 9.20. The van der Waals surface area contributed by atoms with Gasteiger partial charge < -0.3 is 10.0 Å². The average Bonchev–Trinajstić information content (AvgIpc) is 3.29. The summed E-state index contributed by atoms with van der Waals surface area (Å²) in [5.74, 6) is 0.134. The van der Waals surface area contributed by atoms with Gasteiger partial charge in [0.25, 0.3) is 0 Å². The summed E-state index contributed by atoms with van der Waals surface area (Å²) in [5, 5.41) is 11.0. The van der Waals surface area contributed by atoms with E-state index in [1.54, 1.807) is 31.2 Å². The Kier molecular flexibility index (Phi) is 5.78. The van der Waals surface area contributed by atoms with Crippen molar-refractivity contribution in [3.8, 4) is 5.75 Å². The molecule has 1 N–H and O–H groups in total. The lowest BCUT2D eigenvalue weighted by atomic mass is 9.51. The zero-order valence-corrected chi connectivity index (χ0v) is 22.3. The first kappa shape index (κ1) is 24.6. The van der Waals surface area contributed by atoms with Crippen LogP contribution in [0.3, 0.4) is 0 Å². The molecule has 0 spiro atoms. The molecule has 35 heavy (non-hydrogen) atoms. The minimum absolute atomic E-state index is 0.132. The second-order valence-electron chi connectivity index (χ2n) is 11.0. The van der Waals surface area contributed by atoms with Gasteiger partial charge in [0.05, 0.1) is 4.90 Å². The number of phenols is 1. The zero-order chi connectivity index (χ0) is 25.3. The van der Waals surface area contributed by atoms with E-state index >= 15 is 0 Å². The molecular formula is C27H33ClN2O4S. The molecule has 2 aromatic carbocycles. The Balaban J connectivity index is 1.50. The summed E-state index contributed by atoms with van der Waals surface area (Å²) >= 11 is 6.23. The number of carbonyl (C=O) groups excluding carboxylic acids is 1. The van der Waals surface area contributed by atoms with Gasteiger partial charge >= 0.3 is 0 Å². The van der Waals surface area contributed by atoms with Crippen LogP contribution in [0.25, 0.3) is 0 Å². The molecule has 3 aliphatic rings. The van der Waals surface area contributed by atoms with Gasteiger partial charge in [0.1, 0.15) is 11.8 Å². The molecule has 1 amide bonds. The first-order valence-electron chi connectivity index (χ1n) is 12.3. The van der Waals surface area contributed by atoms with Crippen LogP contribution in [0.1, 0.15) is 56.7 Å². The number of carbonyl (C=O) groups is 1. The number of benzene rings is 2. The molecule has 0 aromatic heterocycles. The van der Waals surface area contributed by atoms with E-state index in [0.29, 0.717) is 42.9 Å². The summed E-state index contributed by atoms with van der Waals surface area (Å²) in [6.07, 6.45) is 2.45. The Labute approximate surface area is 212 Å². The number of sulfonamides is 1. The SMILES string of the molecule is Cc1c(Cl)cccc1S(=O)(=O)N1CCCC1C(=O)N1CC[C@@]2(C)c3cccc(O)c3C[C@@H]1C2(C)C. The van der Waals surface area contributed by atoms with Gasteiger partial charge in [-0.05, 0) is 72.9 Å². The van der Waals surface area contributed by atoms with E-state index in [0.717, 1.165) is 17.5 Å². The number of piperidine rings is 1. The van der Waals surface area contributed by atoms with E-state index in [9.17, 15) is 18.3 Å².